The van der Waals surface area contributed by atoms with E-state index in [1.54, 1.807) is 16.7 Å². The summed E-state index contributed by atoms with van der Waals surface area (Å²) in [6.07, 6.45) is 0. The lowest BCUT2D eigenvalue weighted by atomic mass is 9.83. The van der Waals surface area contributed by atoms with Gasteiger partial charge in [-0.15, -0.1) is 0 Å². The molecule has 1 aliphatic rings. The normalized spacial score (nSPS) is 12.5. The molecule has 0 saturated heterocycles. The van der Waals surface area contributed by atoms with Crippen LogP contribution in [0, 0.1) is 0 Å². The van der Waals surface area contributed by atoms with E-state index in [-0.39, 0.29) is 17.0 Å². The van der Waals surface area contributed by atoms with Gasteiger partial charge < -0.3 is 10.3 Å². The molecular formula is C18H14N2O2. The molecule has 4 heteroatoms. The van der Waals surface area contributed by atoms with E-state index < -0.39 is 0 Å². The fourth-order valence-corrected chi connectivity index (χ4v) is 3.35. The number of nitrogens with two attached hydrogens (primary N) is 1. The first-order valence-corrected chi connectivity index (χ1v) is 7.24. The Hall–Kier alpha value is -2.88. The van der Waals surface area contributed by atoms with Crippen LogP contribution in [0.3, 0.4) is 0 Å². The van der Waals surface area contributed by atoms with Gasteiger partial charge in [0.2, 0.25) is 0 Å². The summed E-state index contributed by atoms with van der Waals surface area (Å²) in [4.78, 5) is 25.3. The molecule has 1 aliphatic carbocycles. The summed E-state index contributed by atoms with van der Waals surface area (Å²) in [6.45, 7) is 2.41. The third-order valence-electron chi connectivity index (χ3n) is 4.33. The van der Waals surface area contributed by atoms with Gasteiger partial charge in [-0.05, 0) is 18.6 Å². The van der Waals surface area contributed by atoms with Gasteiger partial charge in [-0.3, -0.25) is 9.59 Å². The number of anilines is 1. The minimum atomic E-state index is -0.202. The number of fused-ring (bicyclic) bond motifs is 2. The number of ketones is 1. The predicted molar refractivity (Wildman–Crippen MR) is 87.2 cm³/mol. The van der Waals surface area contributed by atoms with E-state index >= 15 is 0 Å². The van der Waals surface area contributed by atoms with Crippen LogP contribution < -0.4 is 11.3 Å². The van der Waals surface area contributed by atoms with E-state index in [0.29, 0.717) is 23.2 Å². The highest BCUT2D eigenvalue weighted by Gasteiger charge is 2.28. The van der Waals surface area contributed by atoms with Gasteiger partial charge in [0.25, 0.3) is 5.56 Å². The van der Waals surface area contributed by atoms with Crippen molar-refractivity contribution < 1.29 is 4.79 Å². The smallest absolute Gasteiger partial charge is 0.274 e. The number of aryl methyl sites for hydroxylation is 1. The highest BCUT2D eigenvalue weighted by molar-refractivity contribution is 6.26. The third-order valence-corrected chi connectivity index (χ3v) is 4.33. The quantitative estimate of drug-likeness (QED) is 0.586. The summed E-state index contributed by atoms with van der Waals surface area (Å²) in [5, 5.41) is 0.783. The average molecular weight is 290 g/mol. The summed E-state index contributed by atoms with van der Waals surface area (Å²) < 4.78 is 1.62. The molecule has 4 rings (SSSR count). The monoisotopic (exact) mass is 290 g/mol. The van der Waals surface area contributed by atoms with Crippen LogP contribution in [0.1, 0.15) is 22.8 Å². The first-order chi connectivity index (χ1) is 10.6. The lowest BCUT2D eigenvalue weighted by molar-refractivity contribution is 0.104. The molecule has 0 bridgehead atoms. The Bertz CT molecular complexity index is 1020. The van der Waals surface area contributed by atoms with Crippen molar-refractivity contribution in [2.45, 2.75) is 13.5 Å². The zero-order valence-corrected chi connectivity index (χ0v) is 12.1. The second kappa shape index (κ2) is 4.31. The van der Waals surface area contributed by atoms with Crippen molar-refractivity contribution in [1.29, 1.82) is 0 Å². The summed E-state index contributed by atoms with van der Waals surface area (Å²) in [5.41, 5.74) is 9.57. The van der Waals surface area contributed by atoms with Crippen molar-refractivity contribution in [3.63, 3.8) is 0 Å². The van der Waals surface area contributed by atoms with E-state index in [1.807, 2.05) is 37.3 Å². The Balaban J connectivity index is 2.34. The van der Waals surface area contributed by atoms with Crippen LogP contribution in [-0.2, 0) is 6.54 Å². The minimum Gasteiger partial charge on any atom is -0.394 e. The topological polar surface area (TPSA) is 65.1 Å². The van der Waals surface area contributed by atoms with Crippen LogP contribution in [0.5, 0.6) is 0 Å². The highest BCUT2D eigenvalue weighted by Crippen LogP contribution is 2.41. The number of benzene rings is 2. The molecule has 4 nitrogen and oxygen atoms in total. The third kappa shape index (κ3) is 1.41. The zero-order valence-electron chi connectivity index (χ0n) is 12.1. The van der Waals surface area contributed by atoms with E-state index in [2.05, 4.69) is 0 Å². The largest absolute Gasteiger partial charge is 0.394 e. The predicted octanol–water partition coefficient (Wildman–Crippen LogP) is 2.82. The number of hydrogen-bond acceptors (Lipinski definition) is 3. The van der Waals surface area contributed by atoms with Crippen molar-refractivity contribution in [2.24, 2.45) is 0 Å². The molecule has 1 heterocycles. The molecule has 0 unspecified atom stereocenters. The fraction of sp³-hybridized carbons (Fsp3) is 0.111. The molecule has 0 aliphatic heterocycles. The van der Waals surface area contributed by atoms with Crippen LogP contribution in [0.4, 0.5) is 5.69 Å². The lowest BCUT2D eigenvalue weighted by Crippen LogP contribution is -2.26. The van der Waals surface area contributed by atoms with Crippen LogP contribution in [0.15, 0.2) is 47.3 Å². The molecule has 108 valence electrons. The van der Waals surface area contributed by atoms with E-state index in [0.717, 1.165) is 16.5 Å². The number of carbonyl (C=O) groups excluding carboxylic acids is 1. The Morgan fingerprint density at radius 2 is 1.64 bits per heavy atom. The minimum absolute atomic E-state index is 0.0191. The van der Waals surface area contributed by atoms with Crippen LogP contribution >= 0.6 is 0 Å². The van der Waals surface area contributed by atoms with Gasteiger partial charge in [0, 0.05) is 28.6 Å². The second-order valence-electron chi connectivity index (χ2n) is 5.41. The Labute approximate surface area is 126 Å². The summed E-state index contributed by atoms with van der Waals surface area (Å²) >= 11 is 0. The van der Waals surface area contributed by atoms with Crippen LogP contribution in [-0.4, -0.2) is 10.4 Å². The first kappa shape index (κ1) is 12.8. The highest BCUT2D eigenvalue weighted by atomic mass is 16.1. The molecule has 2 aromatic carbocycles. The number of hydrogen-bond donors (Lipinski definition) is 1. The number of nitrogen functional groups attached to an aromatic ring is 1. The number of nitrogens with zero attached hydrogens (tertiary/aromatic N) is 1. The standard InChI is InChI=1S/C18H14N2O2/c1-2-20-13-9-5-8-12-14(13)15(16(19)18(20)22)10-6-3-4-7-11(10)17(12)21/h3-9H,2,19H2,1H3. The van der Waals surface area contributed by atoms with Gasteiger partial charge in [0.1, 0.15) is 5.69 Å². The summed E-state index contributed by atoms with van der Waals surface area (Å²) in [5.74, 6) is -0.0191. The van der Waals surface area contributed by atoms with Crippen molar-refractivity contribution >= 4 is 22.4 Å². The first-order valence-electron chi connectivity index (χ1n) is 7.24. The number of pyridine rings is 1. The molecule has 2 N–H and O–H groups in total. The van der Waals surface area contributed by atoms with Crippen molar-refractivity contribution in [2.75, 3.05) is 5.73 Å². The van der Waals surface area contributed by atoms with E-state index in [9.17, 15) is 9.59 Å². The van der Waals surface area contributed by atoms with Crippen LogP contribution in [0.2, 0.25) is 0 Å². The lowest BCUT2D eigenvalue weighted by Gasteiger charge is -2.23. The average Bonchev–Trinajstić information content (AvgIpc) is 2.55. The molecule has 0 radical (unpaired) electrons. The Morgan fingerprint density at radius 1 is 0.955 bits per heavy atom. The van der Waals surface area contributed by atoms with Crippen molar-refractivity contribution in [3.05, 3.63) is 63.9 Å². The molecule has 0 saturated carbocycles. The van der Waals surface area contributed by atoms with Gasteiger partial charge in [0.05, 0.1) is 5.52 Å². The molecule has 0 amide bonds. The number of carbonyl (C=O) groups is 1. The van der Waals surface area contributed by atoms with Gasteiger partial charge in [-0.1, -0.05) is 36.4 Å². The molecule has 22 heavy (non-hydrogen) atoms. The molecule has 0 atom stereocenters. The van der Waals surface area contributed by atoms with E-state index in [4.69, 9.17) is 5.73 Å². The second-order valence-corrected chi connectivity index (χ2v) is 5.41. The SMILES string of the molecule is CCn1c(=O)c(N)c2c3c(cccc31)C(=O)c1ccccc1-2. The maximum absolute atomic E-state index is 12.8. The van der Waals surface area contributed by atoms with Gasteiger partial charge in [0.15, 0.2) is 5.78 Å². The Morgan fingerprint density at radius 3 is 2.36 bits per heavy atom. The molecule has 0 spiro atoms. The molecule has 3 aromatic rings. The number of rotatable bonds is 1. The molecule has 0 fully saturated rings. The van der Waals surface area contributed by atoms with Crippen molar-refractivity contribution in [3.8, 4) is 11.1 Å². The summed E-state index contributed by atoms with van der Waals surface area (Å²) in [7, 11) is 0. The Kier molecular flexibility index (Phi) is 2.51. The van der Waals surface area contributed by atoms with E-state index in [1.165, 1.54) is 0 Å². The summed E-state index contributed by atoms with van der Waals surface area (Å²) in [6, 6.07) is 12.8. The molecular weight excluding hydrogens is 276 g/mol. The fourth-order valence-electron chi connectivity index (χ4n) is 3.35. The maximum atomic E-state index is 12.8. The van der Waals surface area contributed by atoms with Gasteiger partial charge >= 0.3 is 0 Å². The van der Waals surface area contributed by atoms with Gasteiger partial charge in [-0.2, -0.15) is 0 Å². The number of aromatic nitrogens is 1. The zero-order chi connectivity index (χ0) is 15.4. The maximum Gasteiger partial charge on any atom is 0.274 e. The van der Waals surface area contributed by atoms with Crippen molar-refractivity contribution in [1.82, 2.24) is 4.57 Å². The molecule has 1 aromatic heterocycles. The van der Waals surface area contributed by atoms with Gasteiger partial charge in [-0.25, -0.2) is 0 Å². The van der Waals surface area contributed by atoms with Crippen LogP contribution in [0.25, 0.3) is 22.0 Å².